The first-order valence-electron chi connectivity index (χ1n) is 10.1. The number of imide groups is 1. The van der Waals surface area contributed by atoms with E-state index >= 15 is 0 Å². The van der Waals surface area contributed by atoms with E-state index < -0.39 is 11.8 Å². The van der Waals surface area contributed by atoms with Gasteiger partial charge in [-0.1, -0.05) is 60.7 Å². The quantitative estimate of drug-likeness (QED) is 0.622. The number of carbonyl (C=O) groups excluding carboxylic acids is 2. The van der Waals surface area contributed by atoms with Crippen LogP contribution < -0.4 is 0 Å². The molecule has 0 radical (unpaired) electrons. The van der Waals surface area contributed by atoms with Gasteiger partial charge in [0.05, 0.1) is 11.8 Å². The maximum Gasteiger partial charge on any atom is 0.258 e. The predicted octanol–water partition coefficient (Wildman–Crippen LogP) is 4.15. The Morgan fingerprint density at radius 2 is 1.13 bits per heavy atom. The molecular weight excluding hydrogens is 381 g/mol. The number of hydroxylamine groups is 2. The molecule has 7 rings (SSSR count). The third-order valence-electron chi connectivity index (χ3n) is 6.68. The van der Waals surface area contributed by atoms with Crippen LogP contribution in [0.3, 0.4) is 0 Å². The van der Waals surface area contributed by atoms with Gasteiger partial charge in [-0.2, -0.15) is 5.06 Å². The van der Waals surface area contributed by atoms with Crippen molar-refractivity contribution in [1.82, 2.24) is 5.06 Å². The SMILES string of the molecule is O=C1C2C3c4ccccc4C(c4ccccc43)C2C(=O)N1OCc1ccc(F)cc1. The summed E-state index contributed by atoms with van der Waals surface area (Å²) in [5.74, 6) is -2.13. The standard InChI is InChI=1S/C25H18FNO3/c26-15-11-9-14(10-12-15)13-30-27-24(28)22-20-16-5-1-2-6-17(16)21(23(22)25(27)29)19-8-4-3-7-18(19)20/h1-12,20-23H,13H2. The van der Waals surface area contributed by atoms with Crippen LogP contribution in [-0.2, 0) is 21.0 Å². The zero-order valence-corrected chi connectivity index (χ0v) is 16.0. The minimum Gasteiger partial charge on any atom is -0.272 e. The molecule has 1 heterocycles. The largest absolute Gasteiger partial charge is 0.272 e. The van der Waals surface area contributed by atoms with Crippen LogP contribution in [0.25, 0.3) is 0 Å². The summed E-state index contributed by atoms with van der Waals surface area (Å²) in [4.78, 5) is 32.4. The average Bonchev–Trinajstić information content (AvgIpc) is 3.04. The lowest BCUT2D eigenvalue weighted by atomic mass is 9.55. The van der Waals surface area contributed by atoms with Crippen LogP contribution in [0.4, 0.5) is 4.39 Å². The Bertz CT molecular complexity index is 1070. The molecule has 2 unspecified atom stereocenters. The Morgan fingerprint density at radius 1 is 0.700 bits per heavy atom. The zero-order valence-electron chi connectivity index (χ0n) is 16.0. The van der Waals surface area contributed by atoms with Crippen LogP contribution in [0.1, 0.15) is 39.7 Å². The summed E-state index contributed by atoms with van der Waals surface area (Å²) in [5, 5.41) is 0.955. The van der Waals surface area contributed by atoms with E-state index in [1.54, 1.807) is 12.1 Å². The molecule has 0 aromatic heterocycles. The molecule has 0 spiro atoms. The minimum atomic E-state index is -0.458. The molecular formula is C25H18FNO3. The van der Waals surface area contributed by atoms with Gasteiger partial charge in [-0.25, -0.2) is 4.39 Å². The number of halogens is 1. The van der Waals surface area contributed by atoms with Crippen LogP contribution >= 0.6 is 0 Å². The summed E-state index contributed by atoms with van der Waals surface area (Å²) in [6, 6.07) is 22.1. The number of hydrogen-bond acceptors (Lipinski definition) is 3. The highest BCUT2D eigenvalue weighted by Gasteiger charge is 2.62. The van der Waals surface area contributed by atoms with Gasteiger partial charge in [-0.15, -0.1) is 0 Å². The lowest BCUT2D eigenvalue weighted by Crippen LogP contribution is -2.41. The first-order chi connectivity index (χ1) is 14.6. The number of amides is 2. The lowest BCUT2D eigenvalue weighted by molar-refractivity contribution is -0.193. The fraction of sp³-hybridized carbons (Fsp3) is 0.200. The van der Waals surface area contributed by atoms with E-state index in [-0.39, 0.29) is 36.1 Å². The number of carbonyl (C=O) groups is 2. The maximum absolute atomic E-state index is 13.4. The molecule has 2 bridgehead atoms. The van der Waals surface area contributed by atoms with E-state index in [4.69, 9.17) is 4.84 Å². The second kappa shape index (κ2) is 6.34. The van der Waals surface area contributed by atoms with Gasteiger partial charge >= 0.3 is 0 Å². The fourth-order valence-corrected chi connectivity index (χ4v) is 5.50. The molecule has 0 saturated carbocycles. The van der Waals surface area contributed by atoms with Gasteiger partial charge < -0.3 is 0 Å². The molecule has 4 aliphatic rings. The second-order valence-electron chi connectivity index (χ2n) is 8.14. The van der Waals surface area contributed by atoms with E-state index in [9.17, 15) is 14.0 Å². The molecule has 1 fully saturated rings. The summed E-state index contributed by atoms with van der Waals surface area (Å²) in [7, 11) is 0. The van der Waals surface area contributed by atoms with Crippen molar-refractivity contribution in [2.45, 2.75) is 18.4 Å². The first kappa shape index (κ1) is 17.5. The highest BCUT2D eigenvalue weighted by molar-refractivity contribution is 6.06. The molecule has 5 heteroatoms. The molecule has 3 aromatic rings. The van der Waals surface area contributed by atoms with Crippen molar-refractivity contribution in [3.8, 4) is 0 Å². The van der Waals surface area contributed by atoms with Gasteiger partial charge in [0.1, 0.15) is 12.4 Å². The van der Waals surface area contributed by atoms with E-state index in [1.165, 1.54) is 12.1 Å². The third-order valence-corrected chi connectivity index (χ3v) is 6.68. The fourth-order valence-electron chi connectivity index (χ4n) is 5.50. The van der Waals surface area contributed by atoms with Gasteiger partial charge in [0.25, 0.3) is 11.8 Å². The zero-order chi connectivity index (χ0) is 20.4. The smallest absolute Gasteiger partial charge is 0.258 e. The minimum absolute atomic E-state index is 0.0342. The van der Waals surface area contributed by atoms with Crippen molar-refractivity contribution in [3.05, 3.63) is 106 Å². The number of hydrogen-bond donors (Lipinski definition) is 0. The molecule has 148 valence electrons. The third kappa shape index (κ3) is 2.30. The number of benzene rings is 3. The molecule has 2 amide bonds. The summed E-state index contributed by atoms with van der Waals surface area (Å²) in [6.07, 6.45) is 0. The summed E-state index contributed by atoms with van der Waals surface area (Å²) in [5.41, 5.74) is 5.21. The van der Waals surface area contributed by atoms with Crippen molar-refractivity contribution in [2.24, 2.45) is 11.8 Å². The summed E-state index contributed by atoms with van der Waals surface area (Å²) >= 11 is 0. The van der Waals surface area contributed by atoms with Crippen LogP contribution in [0, 0.1) is 17.7 Å². The molecule has 1 aliphatic heterocycles. The lowest BCUT2D eigenvalue weighted by Gasteiger charge is -2.45. The molecule has 2 atom stereocenters. The molecule has 4 nitrogen and oxygen atoms in total. The molecule has 3 aliphatic carbocycles. The topological polar surface area (TPSA) is 46.6 Å². The van der Waals surface area contributed by atoms with E-state index in [2.05, 4.69) is 24.3 Å². The normalized spacial score (nSPS) is 25.8. The first-order valence-corrected chi connectivity index (χ1v) is 10.1. The molecule has 3 aromatic carbocycles. The monoisotopic (exact) mass is 399 g/mol. The Morgan fingerprint density at radius 3 is 1.57 bits per heavy atom. The van der Waals surface area contributed by atoms with Crippen LogP contribution in [0.5, 0.6) is 0 Å². The van der Waals surface area contributed by atoms with Gasteiger partial charge in [0.2, 0.25) is 0 Å². The molecule has 1 saturated heterocycles. The van der Waals surface area contributed by atoms with Gasteiger partial charge in [-0.3, -0.25) is 14.4 Å². The van der Waals surface area contributed by atoms with Crippen molar-refractivity contribution >= 4 is 11.8 Å². The Labute approximate surface area is 172 Å². The molecule has 0 N–H and O–H groups in total. The molecule has 30 heavy (non-hydrogen) atoms. The summed E-state index contributed by atoms with van der Waals surface area (Å²) < 4.78 is 13.1. The highest BCUT2D eigenvalue weighted by Crippen LogP contribution is 2.60. The Balaban J connectivity index is 1.39. The maximum atomic E-state index is 13.4. The second-order valence-corrected chi connectivity index (χ2v) is 8.14. The van der Waals surface area contributed by atoms with Crippen molar-refractivity contribution < 1.29 is 18.8 Å². The van der Waals surface area contributed by atoms with Crippen LogP contribution in [-0.4, -0.2) is 16.9 Å². The predicted molar refractivity (Wildman–Crippen MR) is 107 cm³/mol. The summed E-state index contributed by atoms with van der Waals surface area (Å²) in [6.45, 7) is 0.0342. The van der Waals surface area contributed by atoms with Crippen molar-refractivity contribution in [3.63, 3.8) is 0 Å². The van der Waals surface area contributed by atoms with Crippen molar-refractivity contribution in [2.75, 3.05) is 0 Å². The average molecular weight is 399 g/mol. The Kier molecular flexibility index (Phi) is 3.71. The Hall–Kier alpha value is -3.31. The number of rotatable bonds is 3. The van der Waals surface area contributed by atoms with Crippen LogP contribution in [0.2, 0.25) is 0 Å². The number of nitrogens with zero attached hydrogens (tertiary/aromatic N) is 1. The van der Waals surface area contributed by atoms with Crippen LogP contribution in [0.15, 0.2) is 72.8 Å². The van der Waals surface area contributed by atoms with Gasteiger partial charge in [-0.05, 0) is 39.9 Å². The van der Waals surface area contributed by atoms with Crippen molar-refractivity contribution in [1.29, 1.82) is 0 Å². The van der Waals surface area contributed by atoms with Gasteiger partial charge in [0, 0.05) is 11.8 Å². The van der Waals surface area contributed by atoms with E-state index in [0.29, 0.717) is 5.56 Å². The van der Waals surface area contributed by atoms with Gasteiger partial charge in [0.15, 0.2) is 0 Å². The van der Waals surface area contributed by atoms with E-state index in [1.807, 2.05) is 24.3 Å². The van der Waals surface area contributed by atoms with E-state index in [0.717, 1.165) is 27.3 Å². The highest BCUT2D eigenvalue weighted by atomic mass is 19.1.